The van der Waals surface area contributed by atoms with Crippen LogP contribution in [0.5, 0.6) is 0 Å². The molecule has 5 nitrogen and oxygen atoms in total. The van der Waals surface area contributed by atoms with Gasteiger partial charge in [-0.3, -0.25) is 4.68 Å². The predicted octanol–water partition coefficient (Wildman–Crippen LogP) is 1.21. The Morgan fingerprint density at radius 3 is 2.58 bits per heavy atom. The molecule has 19 heavy (non-hydrogen) atoms. The quantitative estimate of drug-likeness (QED) is 0.840. The zero-order valence-electron chi connectivity index (χ0n) is 12.7. The molecular weight excluding hydrogens is 238 g/mol. The van der Waals surface area contributed by atoms with Gasteiger partial charge in [-0.15, -0.1) is 0 Å². The van der Waals surface area contributed by atoms with Crippen LogP contribution in [0.2, 0.25) is 0 Å². The van der Waals surface area contributed by atoms with Gasteiger partial charge in [-0.2, -0.15) is 5.10 Å². The third kappa shape index (κ3) is 2.82. The summed E-state index contributed by atoms with van der Waals surface area (Å²) in [5.74, 6) is 1.07. The summed E-state index contributed by atoms with van der Waals surface area (Å²) >= 11 is 0. The molecule has 1 unspecified atom stereocenters. The maximum atomic E-state index is 4.39. The molecule has 0 aliphatic heterocycles. The van der Waals surface area contributed by atoms with Crippen molar-refractivity contribution in [2.45, 2.75) is 50.6 Å². The third-order valence-corrected chi connectivity index (χ3v) is 4.65. The van der Waals surface area contributed by atoms with E-state index in [-0.39, 0.29) is 5.54 Å². The van der Waals surface area contributed by atoms with Crippen molar-refractivity contribution in [1.29, 1.82) is 0 Å². The Bertz CT molecular complexity index is 392. The number of aryl methyl sites for hydroxylation is 1. The van der Waals surface area contributed by atoms with Gasteiger partial charge >= 0.3 is 0 Å². The number of aromatic nitrogens is 3. The first-order chi connectivity index (χ1) is 9.10. The zero-order chi connectivity index (χ0) is 13.9. The average molecular weight is 265 g/mol. The lowest BCUT2D eigenvalue weighted by atomic mass is 9.84. The fourth-order valence-corrected chi connectivity index (χ4v) is 3.48. The van der Waals surface area contributed by atoms with E-state index < -0.39 is 0 Å². The standard InChI is InChI=1S/C14H27N5/c1-5-15-12(10-13-16-11-17-19(13)4)14(18(2)3)8-6-7-9-14/h11-12,15H,5-10H2,1-4H3. The van der Waals surface area contributed by atoms with E-state index >= 15 is 0 Å². The van der Waals surface area contributed by atoms with E-state index in [0.717, 1.165) is 18.8 Å². The van der Waals surface area contributed by atoms with Crippen LogP contribution in [0.3, 0.4) is 0 Å². The third-order valence-electron chi connectivity index (χ3n) is 4.65. The van der Waals surface area contributed by atoms with Gasteiger partial charge in [0.05, 0.1) is 0 Å². The first-order valence-electron chi connectivity index (χ1n) is 7.34. The molecule has 1 atom stereocenters. The summed E-state index contributed by atoms with van der Waals surface area (Å²) in [5, 5.41) is 7.88. The minimum absolute atomic E-state index is 0.266. The smallest absolute Gasteiger partial charge is 0.138 e. The maximum absolute atomic E-state index is 4.39. The summed E-state index contributed by atoms with van der Waals surface area (Å²) in [6, 6.07) is 0.443. The van der Waals surface area contributed by atoms with Crippen LogP contribution >= 0.6 is 0 Å². The maximum Gasteiger partial charge on any atom is 0.138 e. The summed E-state index contributed by atoms with van der Waals surface area (Å²) in [6.45, 7) is 3.18. The minimum Gasteiger partial charge on any atom is -0.312 e. The second kappa shape index (κ2) is 6.01. The summed E-state index contributed by atoms with van der Waals surface area (Å²) < 4.78 is 1.89. The Balaban J connectivity index is 2.20. The minimum atomic E-state index is 0.266. The van der Waals surface area contributed by atoms with Crippen LogP contribution < -0.4 is 5.32 Å². The normalized spacial score (nSPS) is 20.1. The van der Waals surface area contributed by atoms with Gasteiger partial charge in [-0.25, -0.2) is 4.98 Å². The number of nitrogens with zero attached hydrogens (tertiary/aromatic N) is 4. The van der Waals surface area contributed by atoms with Crippen molar-refractivity contribution < 1.29 is 0 Å². The highest BCUT2D eigenvalue weighted by Crippen LogP contribution is 2.37. The van der Waals surface area contributed by atoms with Gasteiger partial charge in [-0.05, 0) is 33.5 Å². The highest BCUT2D eigenvalue weighted by molar-refractivity contribution is 5.05. The molecule has 1 aliphatic rings. The molecule has 1 saturated carbocycles. The van der Waals surface area contributed by atoms with E-state index in [9.17, 15) is 0 Å². The van der Waals surface area contributed by atoms with E-state index in [1.165, 1.54) is 25.7 Å². The molecule has 0 spiro atoms. The van der Waals surface area contributed by atoms with Gasteiger partial charge in [0.1, 0.15) is 12.2 Å². The Morgan fingerprint density at radius 1 is 1.42 bits per heavy atom. The highest BCUT2D eigenvalue weighted by Gasteiger charge is 2.43. The fraction of sp³-hybridized carbons (Fsp3) is 0.857. The average Bonchev–Trinajstić information content (AvgIpc) is 2.99. The first kappa shape index (κ1) is 14.5. The highest BCUT2D eigenvalue weighted by atomic mass is 15.3. The van der Waals surface area contributed by atoms with Crippen molar-refractivity contribution in [1.82, 2.24) is 25.0 Å². The van der Waals surface area contributed by atoms with Gasteiger partial charge in [-0.1, -0.05) is 19.8 Å². The summed E-state index contributed by atoms with van der Waals surface area (Å²) in [4.78, 5) is 6.81. The molecule has 1 aromatic heterocycles. The van der Waals surface area contributed by atoms with Gasteiger partial charge in [0.15, 0.2) is 0 Å². The molecule has 1 aliphatic carbocycles. The topological polar surface area (TPSA) is 46.0 Å². The van der Waals surface area contributed by atoms with Gasteiger partial charge in [0.2, 0.25) is 0 Å². The number of hydrogen-bond donors (Lipinski definition) is 1. The van der Waals surface area contributed by atoms with E-state index in [1.54, 1.807) is 6.33 Å². The van der Waals surface area contributed by atoms with Crippen molar-refractivity contribution in [2.75, 3.05) is 20.6 Å². The lowest BCUT2D eigenvalue weighted by molar-refractivity contribution is 0.104. The Kier molecular flexibility index (Phi) is 4.58. The summed E-state index contributed by atoms with van der Waals surface area (Å²) in [6.07, 6.45) is 7.81. The van der Waals surface area contributed by atoms with E-state index in [0.29, 0.717) is 6.04 Å². The van der Waals surface area contributed by atoms with Gasteiger partial charge in [0, 0.05) is 25.0 Å². The molecule has 0 radical (unpaired) electrons. The monoisotopic (exact) mass is 265 g/mol. The van der Waals surface area contributed by atoms with Crippen LogP contribution in [0.15, 0.2) is 6.33 Å². The fourth-order valence-electron chi connectivity index (χ4n) is 3.48. The SMILES string of the molecule is CCNC(Cc1ncnn1C)C1(N(C)C)CCCC1. The second-order valence-electron chi connectivity index (χ2n) is 5.82. The van der Waals surface area contributed by atoms with Crippen molar-refractivity contribution in [3.05, 3.63) is 12.2 Å². The number of nitrogens with one attached hydrogen (secondary N) is 1. The number of likely N-dealkylation sites (N-methyl/N-ethyl adjacent to an activating group) is 2. The van der Waals surface area contributed by atoms with Gasteiger partial charge < -0.3 is 10.2 Å². The molecule has 108 valence electrons. The lowest BCUT2D eigenvalue weighted by Gasteiger charge is -2.43. The Morgan fingerprint density at radius 2 is 2.11 bits per heavy atom. The Hall–Kier alpha value is -0.940. The second-order valence-corrected chi connectivity index (χ2v) is 5.82. The molecule has 1 N–H and O–H groups in total. The van der Waals surface area contributed by atoms with Crippen LogP contribution in [0.25, 0.3) is 0 Å². The molecule has 0 aromatic carbocycles. The van der Waals surface area contributed by atoms with Gasteiger partial charge in [0.25, 0.3) is 0 Å². The van der Waals surface area contributed by atoms with Crippen molar-refractivity contribution in [2.24, 2.45) is 7.05 Å². The van der Waals surface area contributed by atoms with Crippen LogP contribution in [-0.4, -0.2) is 51.9 Å². The first-order valence-corrected chi connectivity index (χ1v) is 7.34. The van der Waals surface area contributed by atoms with Crippen LogP contribution in [0.1, 0.15) is 38.4 Å². The van der Waals surface area contributed by atoms with Crippen molar-refractivity contribution in [3.63, 3.8) is 0 Å². The van der Waals surface area contributed by atoms with Crippen molar-refractivity contribution >= 4 is 0 Å². The summed E-state index contributed by atoms with van der Waals surface area (Å²) in [5.41, 5.74) is 0.266. The molecule has 1 fully saturated rings. The van der Waals surface area contributed by atoms with E-state index in [4.69, 9.17) is 0 Å². The number of hydrogen-bond acceptors (Lipinski definition) is 4. The lowest BCUT2D eigenvalue weighted by Crippen LogP contribution is -2.58. The zero-order valence-corrected chi connectivity index (χ0v) is 12.7. The molecule has 1 heterocycles. The summed E-state index contributed by atoms with van der Waals surface area (Å²) in [7, 11) is 6.40. The van der Waals surface area contributed by atoms with E-state index in [1.807, 2.05) is 11.7 Å². The predicted molar refractivity (Wildman–Crippen MR) is 77.1 cm³/mol. The van der Waals surface area contributed by atoms with Crippen LogP contribution in [0, 0.1) is 0 Å². The molecule has 0 bridgehead atoms. The largest absolute Gasteiger partial charge is 0.312 e. The molecule has 1 aromatic rings. The molecular formula is C14H27N5. The van der Waals surface area contributed by atoms with E-state index in [2.05, 4.69) is 41.3 Å². The van der Waals surface area contributed by atoms with Crippen LogP contribution in [0.4, 0.5) is 0 Å². The van der Waals surface area contributed by atoms with Crippen LogP contribution in [-0.2, 0) is 13.5 Å². The molecule has 2 rings (SSSR count). The van der Waals surface area contributed by atoms with Crippen molar-refractivity contribution in [3.8, 4) is 0 Å². The molecule has 5 heteroatoms. The number of rotatable bonds is 6. The Labute approximate surface area is 116 Å². The molecule has 0 amide bonds. The molecule has 0 saturated heterocycles.